The highest BCUT2D eigenvalue weighted by atomic mass is 79.9. The normalized spacial score (nSPS) is 12.5. The van der Waals surface area contributed by atoms with Gasteiger partial charge in [0.2, 0.25) is 5.91 Å². The maximum atomic E-state index is 12.1. The number of carboxylic acids is 1. The summed E-state index contributed by atoms with van der Waals surface area (Å²) in [6.07, 6.45) is -0.736. The Morgan fingerprint density at radius 3 is 2.53 bits per heavy atom. The molecule has 0 saturated carbocycles. The molecule has 10 heteroatoms. The molecule has 0 saturated heterocycles. The largest absolute Gasteiger partial charge is 0.480 e. The third kappa shape index (κ3) is 8.18. The minimum atomic E-state index is -1.21. The van der Waals surface area contributed by atoms with Crippen molar-refractivity contribution in [3.05, 3.63) is 64.4 Å². The zero-order valence-corrected chi connectivity index (χ0v) is 17.5. The number of aromatic nitrogens is 1. The SMILES string of the molecule is O=C(C[C@@H](O)CNC(=O)OCc1ccccc1)N[C@H](Cc1cccnc1Br)C(=O)O. The van der Waals surface area contributed by atoms with E-state index in [1.165, 1.54) is 0 Å². The van der Waals surface area contributed by atoms with Crippen LogP contribution >= 0.6 is 15.9 Å². The second-order valence-corrected chi connectivity index (χ2v) is 7.17. The van der Waals surface area contributed by atoms with Gasteiger partial charge in [0, 0.05) is 19.2 Å². The molecule has 1 aromatic carbocycles. The summed E-state index contributed by atoms with van der Waals surface area (Å²) >= 11 is 3.23. The van der Waals surface area contributed by atoms with E-state index in [0.717, 1.165) is 5.56 Å². The Bertz CT molecular complexity index is 865. The summed E-state index contributed by atoms with van der Waals surface area (Å²) in [5.74, 6) is -1.87. The summed E-state index contributed by atoms with van der Waals surface area (Å²) in [4.78, 5) is 39.2. The maximum Gasteiger partial charge on any atom is 0.407 e. The summed E-state index contributed by atoms with van der Waals surface area (Å²) in [6, 6.07) is 11.2. The van der Waals surface area contributed by atoms with Crippen LogP contribution in [0.2, 0.25) is 0 Å². The van der Waals surface area contributed by atoms with Gasteiger partial charge in [-0.3, -0.25) is 4.79 Å². The number of carbonyl (C=O) groups is 3. The number of halogens is 1. The zero-order valence-electron chi connectivity index (χ0n) is 16.0. The highest BCUT2D eigenvalue weighted by Crippen LogP contribution is 2.14. The number of pyridine rings is 1. The van der Waals surface area contributed by atoms with Crippen LogP contribution in [0.1, 0.15) is 17.5 Å². The van der Waals surface area contributed by atoms with Crippen LogP contribution in [-0.4, -0.2) is 51.9 Å². The van der Waals surface area contributed by atoms with Crippen LogP contribution in [0.3, 0.4) is 0 Å². The van der Waals surface area contributed by atoms with Gasteiger partial charge in [-0.2, -0.15) is 0 Å². The Labute approximate surface area is 181 Å². The van der Waals surface area contributed by atoms with E-state index in [2.05, 4.69) is 31.5 Å². The summed E-state index contributed by atoms with van der Waals surface area (Å²) in [6.45, 7) is -0.139. The van der Waals surface area contributed by atoms with E-state index in [-0.39, 0.29) is 26.0 Å². The molecule has 0 aliphatic heterocycles. The third-order valence-corrected chi connectivity index (χ3v) is 4.72. The van der Waals surface area contributed by atoms with E-state index >= 15 is 0 Å². The number of hydrogen-bond acceptors (Lipinski definition) is 6. The number of aliphatic hydroxyl groups excluding tert-OH is 1. The number of carbonyl (C=O) groups excluding carboxylic acids is 2. The molecule has 2 aromatic rings. The van der Waals surface area contributed by atoms with Crippen molar-refractivity contribution < 1.29 is 29.3 Å². The molecule has 0 spiro atoms. The molecule has 0 fully saturated rings. The fourth-order valence-corrected chi connectivity index (χ4v) is 2.92. The standard InChI is InChI=1S/C20H22BrN3O6/c21-18-14(7-4-8-22-18)9-16(19(27)28)24-17(26)10-15(25)11-23-20(29)30-12-13-5-2-1-3-6-13/h1-8,15-16,25H,9-12H2,(H,23,29)(H,24,26)(H,27,28)/t15-,16-/m1/s1. The van der Waals surface area contributed by atoms with Crippen molar-refractivity contribution in [1.82, 2.24) is 15.6 Å². The van der Waals surface area contributed by atoms with Crippen LogP contribution in [0.5, 0.6) is 0 Å². The molecular formula is C20H22BrN3O6. The van der Waals surface area contributed by atoms with Crippen molar-refractivity contribution in [2.45, 2.75) is 31.6 Å². The number of rotatable bonds is 10. The first-order valence-corrected chi connectivity index (χ1v) is 9.88. The molecule has 2 amide bonds. The van der Waals surface area contributed by atoms with E-state index in [0.29, 0.717) is 10.2 Å². The molecule has 30 heavy (non-hydrogen) atoms. The lowest BCUT2D eigenvalue weighted by Gasteiger charge is -2.17. The fraction of sp³-hybridized carbons (Fsp3) is 0.300. The van der Waals surface area contributed by atoms with Gasteiger partial charge in [-0.25, -0.2) is 14.6 Å². The predicted octanol–water partition coefficient (Wildman–Crippen LogP) is 1.63. The molecule has 0 aliphatic rings. The summed E-state index contributed by atoms with van der Waals surface area (Å²) in [5.41, 5.74) is 1.43. The number of aliphatic hydroxyl groups is 1. The predicted molar refractivity (Wildman–Crippen MR) is 110 cm³/mol. The van der Waals surface area contributed by atoms with Gasteiger partial charge >= 0.3 is 12.1 Å². The quantitative estimate of drug-likeness (QED) is 0.380. The number of amides is 2. The van der Waals surface area contributed by atoms with Crippen LogP contribution in [0.15, 0.2) is 53.3 Å². The van der Waals surface area contributed by atoms with E-state index in [4.69, 9.17) is 4.74 Å². The van der Waals surface area contributed by atoms with Crippen LogP contribution < -0.4 is 10.6 Å². The second kappa shape index (κ2) is 11.9. The number of nitrogens with one attached hydrogen (secondary N) is 2. The average molecular weight is 480 g/mol. The minimum absolute atomic E-state index is 0.0235. The molecule has 0 aliphatic carbocycles. The van der Waals surface area contributed by atoms with E-state index in [1.807, 2.05) is 18.2 Å². The number of carboxylic acid groups (broad SMARTS) is 1. The Hall–Kier alpha value is -2.98. The summed E-state index contributed by atoms with van der Waals surface area (Å²) in [7, 11) is 0. The van der Waals surface area contributed by atoms with Gasteiger partial charge in [0.05, 0.1) is 12.5 Å². The van der Waals surface area contributed by atoms with Crippen molar-refractivity contribution in [2.24, 2.45) is 0 Å². The van der Waals surface area contributed by atoms with Gasteiger partial charge < -0.3 is 25.6 Å². The molecule has 4 N–H and O–H groups in total. The summed E-state index contributed by atoms with van der Waals surface area (Å²) in [5, 5.41) is 24.0. The van der Waals surface area contributed by atoms with Crippen LogP contribution in [-0.2, 0) is 27.4 Å². The number of alkyl carbamates (subject to hydrolysis) is 1. The number of nitrogens with zero attached hydrogens (tertiary/aromatic N) is 1. The zero-order chi connectivity index (χ0) is 21.9. The number of benzene rings is 1. The van der Waals surface area contributed by atoms with Crippen molar-refractivity contribution in [3.8, 4) is 0 Å². The first kappa shape index (κ1) is 23.3. The highest BCUT2D eigenvalue weighted by molar-refractivity contribution is 9.10. The van der Waals surface area contributed by atoms with Gasteiger partial charge in [0.25, 0.3) is 0 Å². The molecule has 1 heterocycles. The topological polar surface area (TPSA) is 138 Å². The van der Waals surface area contributed by atoms with Crippen LogP contribution in [0.4, 0.5) is 4.79 Å². The number of ether oxygens (including phenoxy) is 1. The van der Waals surface area contributed by atoms with Gasteiger partial charge in [0.1, 0.15) is 17.3 Å². The van der Waals surface area contributed by atoms with Crippen LogP contribution in [0, 0.1) is 0 Å². The summed E-state index contributed by atoms with van der Waals surface area (Å²) < 4.78 is 5.50. The lowest BCUT2D eigenvalue weighted by molar-refractivity contribution is -0.142. The molecule has 0 bridgehead atoms. The van der Waals surface area contributed by atoms with Crippen LogP contribution in [0.25, 0.3) is 0 Å². The van der Waals surface area contributed by atoms with Gasteiger partial charge in [-0.05, 0) is 33.1 Å². The molecule has 0 radical (unpaired) electrons. The molecule has 1 aromatic heterocycles. The first-order valence-electron chi connectivity index (χ1n) is 9.09. The first-order chi connectivity index (χ1) is 14.3. The second-order valence-electron chi connectivity index (χ2n) is 6.42. The van der Waals surface area contributed by atoms with Crippen molar-refractivity contribution >= 4 is 33.9 Å². The van der Waals surface area contributed by atoms with Crippen molar-refractivity contribution in [1.29, 1.82) is 0 Å². The fourth-order valence-electron chi connectivity index (χ4n) is 2.51. The Morgan fingerprint density at radius 2 is 1.87 bits per heavy atom. The molecule has 9 nitrogen and oxygen atoms in total. The van der Waals surface area contributed by atoms with E-state index in [1.54, 1.807) is 30.5 Å². The number of hydrogen-bond donors (Lipinski definition) is 4. The Kier molecular flexibility index (Phi) is 9.23. The monoisotopic (exact) mass is 479 g/mol. The van der Waals surface area contributed by atoms with Crippen molar-refractivity contribution in [2.75, 3.05) is 6.54 Å². The lowest BCUT2D eigenvalue weighted by Crippen LogP contribution is -2.44. The van der Waals surface area contributed by atoms with E-state index in [9.17, 15) is 24.6 Å². The van der Waals surface area contributed by atoms with Crippen molar-refractivity contribution in [3.63, 3.8) is 0 Å². The molecule has 0 unspecified atom stereocenters. The minimum Gasteiger partial charge on any atom is -0.480 e. The molecule has 2 atom stereocenters. The van der Waals surface area contributed by atoms with Gasteiger partial charge in [0.15, 0.2) is 0 Å². The maximum absolute atomic E-state index is 12.1. The lowest BCUT2D eigenvalue weighted by atomic mass is 10.1. The Morgan fingerprint density at radius 1 is 1.13 bits per heavy atom. The highest BCUT2D eigenvalue weighted by Gasteiger charge is 2.23. The number of aliphatic carboxylic acids is 1. The Balaban J connectivity index is 1.74. The van der Waals surface area contributed by atoms with E-state index < -0.39 is 30.1 Å². The third-order valence-electron chi connectivity index (χ3n) is 4.01. The van der Waals surface area contributed by atoms with Gasteiger partial charge in [-0.1, -0.05) is 36.4 Å². The molecular weight excluding hydrogens is 458 g/mol. The molecule has 2 rings (SSSR count). The van der Waals surface area contributed by atoms with Gasteiger partial charge in [-0.15, -0.1) is 0 Å². The molecule has 160 valence electrons. The average Bonchev–Trinajstić information content (AvgIpc) is 2.72. The smallest absolute Gasteiger partial charge is 0.407 e.